The van der Waals surface area contributed by atoms with Crippen LogP contribution in [-0.2, 0) is 14.3 Å². The monoisotopic (exact) mass is 268 g/mol. The van der Waals surface area contributed by atoms with Crippen molar-refractivity contribution >= 4 is 11.8 Å². The molecule has 0 aromatic carbocycles. The fraction of sp³-hybridized carbons (Fsp3) is 0.875. The predicted molar refractivity (Wildman–Crippen MR) is 75.8 cm³/mol. The van der Waals surface area contributed by atoms with Crippen molar-refractivity contribution in [3.8, 4) is 0 Å². The van der Waals surface area contributed by atoms with Crippen molar-refractivity contribution in [2.45, 2.75) is 72.3 Å². The van der Waals surface area contributed by atoms with Gasteiger partial charge < -0.3 is 4.74 Å². The Bertz CT molecular complexity index is 317. The lowest BCUT2D eigenvalue weighted by Gasteiger charge is -2.29. The molecule has 19 heavy (non-hydrogen) atoms. The normalized spacial score (nSPS) is 24.3. The molecule has 0 spiro atoms. The van der Waals surface area contributed by atoms with Crippen LogP contribution in [0.25, 0.3) is 0 Å². The van der Waals surface area contributed by atoms with Crippen molar-refractivity contribution in [2.75, 3.05) is 0 Å². The summed E-state index contributed by atoms with van der Waals surface area (Å²) in [6.45, 7) is 9.61. The highest BCUT2D eigenvalue weighted by atomic mass is 16.6. The quantitative estimate of drug-likeness (QED) is 0.729. The van der Waals surface area contributed by atoms with E-state index in [9.17, 15) is 9.59 Å². The van der Waals surface area contributed by atoms with Gasteiger partial charge in [-0.1, -0.05) is 13.8 Å². The topological polar surface area (TPSA) is 43.4 Å². The molecule has 0 amide bonds. The van der Waals surface area contributed by atoms with Crippen LogP contribution in [0.4, 0.5) is 0 Å². The molecule has 0 unspecified atom stereocenters. The van der Waals surface area contributed by atoms with E-state index in [2.05, 4.69) is 0 Å². The predicted octanol–water partition coefficient (Wildman–Crippen LogP) is 3.75. The number of rotatable bonds is 4. The number of carbonyl (C=O) groups is 2. The van der Waals surface area contributed by atoms with Gasteiger partial charge in [0.05, 0.1) is 0 Å². The second kappa shape index (κ2) is 6.53. The molecule has 0 radical (unpaired) electrons. The summed E-state index contributed by atoms with van der Waals surface area (Å²) in [5.41, 5.74) is -0.401. The zero-order valence-electron chi connectivity index (χ0n) is 13.0. The summed E-state index contributed by atoms with van der Waals surface area (Å²) in [5.74, 6) is 1.02. The first-order chi connectivity index (χ1) is 8.69. The van der Waals surface area contributed by atoms with Crippen LogP contribution in [-0.4, -0.2) is 17.4 Å². The molecule has 1 saturated carbocycles. The Morgan fingerprint density at radius 2 is 1.63 bits per heavy atom. The Kier molecular flexibility index (Phi) is 5.57. The molecule has 0 aromatic heterocycles. The molecule has 0 aliphatic heterocycles. The summed E-state index contributed by atoms with van der Waals surface area (Å²) in [4.78, 5) is 23.7. The van der Waals surface area contributed by atoms with E-state index >= 15 is 0 Å². The molecular weight excluding hydrogens is 240 g/mol. The molecule has 1 aliphatic carbocycles. The van der Waals surface area contributed by atoms with E-state index in [-0.39, 0.29) is 17.8 Å². The number of ether oxygens (including phenoxy) is 1. The summed E-state index contributed by atoms with van der Waals surface area (Å²) in [6, 6.07) is 0. The van der Waals surface area contributed by atoms with Crippen LogP contribution in [0, 0.1) is 17.8 Å². The Hall–Kier alpha value is -0.860. The molecule has 1 rings (SSSR count). The van der Waals surface area contributed by atoms with Gasteiger partial charge in [-0.05, 0) is 52.4 Å². The Morgan fingerprint density at radius 3 is 2.05 bits per heavy atom. The number of esters is 1. The van der Waals surface area contributed by atoms with Crippen LogP contribution in [0.1, 0.15) is 66.7 Å². The summed E-state index contributed by atoms with van der Waals surface area (Å²) < 4.78 is 5.35. The summed E-state index contributed by atoms with van der Waals surface area (Å²) in [5, 5.41) is 0. The van der Waals surface area contributed by atoms with Gasteiger partial charge in [-0.25, -0.2) is 0 Å². The molecule has 0 saturated heterocycles. The minimum atomic E-state index is -0.401. The average Bonchev–Trinajstić information content (AvgIpc) is 2.26. The van der Waals surface area contributed by atoms with E-state index in [1.165, 1.54) is 0 Å². The van der Waals surface area contributed by atoms with Crippen molar-refractivity contribution in [3.63, 3.8) is 0 Å². The van der Waals surface area contributed by atoms with Gasteiger partial charge in [0, 0.05) is 18.3 Å². The third-order valence-electron chi connectivity index (χ3n) is 3.69. The second-order valence-electron chi connectivity index (χ2n) is 7.07. The van der Waals surface area contributed by atoms with Crippen molar-refractivity contribution in [1.29, 1.82) is 0 Å². The zero-order valence-corrected chi connectivity index (χ0v) is 13.0. The van der Waals surface area contributed by atoms with Gasteiger partial charge in [0.15, 0.2) is 0 Å². The second-order valence-corrected chi connectivity index (χ2v) is 7.07. The van der Waals surface area contributed by atoms with E-state index in [1.807, 2.05) is 34.6 Å². The lowest BCUT2D eigenvalue weighted by atomic mass is 9.77. The number of Topliss-reactive ketones (excluding diaryl/α,β-unsaturated/α-hetero) is 1. The molecule has 3 nitrogen and oxygen atoms in total. The third-order valence-corrected chi connectivity index (χ3v) is 3.69. The first-order valence-electron chi connectivity index (χ1n) is 7.44. The van der Waals surface area contributed by atoms with Gasteiger partial charge in [-0.3, -0.25) is 9.59 Å². The van der Waals surface area contributed by atoms with Gasteiger partial charge >= 0.3 is 5.97 Å². The average molecular weight is 268 g/mol. The van der Waals surface area contributed by atoms with Crippen LogP contribution in [0.3, 0.4) is 0 Å². The first-order valence-corrected chi connectivity index (χ1v) is 7.44. The lowest BCUT2D eigenvalue weighted by molar-refractivity contribution is -0.156. The zero-order chi connectivity index (χ0) is 14.6. The Morgan fingerprint density at radius 1 is 1.11 bits per heavy atom. The van der Waals surface area contributed by atoms with Gasteiger partial charge in [0.2, 0.25) is 0 Å². The molecule has 0 aromatic rings. The van der Waals surface area contributed by atoms with Crippen molar-refractivity contribution < 1.29 is 14.3 Å². The smallest absolute Gasteiger partial charge is 0.306 e. The highest BCUT2D eigenvalue weighted by Crippen LogP contribution is 2.33. The van der Waals surface area contributed by atoms with Gasteiger partial charge in [0.25, 0.3) is 0 Å². The van der Waals surface area contributed by atoms with E-state index in [1.54, 1.807) is 0 Å². The number of carbonyl (C=O) groups excluding carboxylic acids is 2. The standard InChI is InChI=1S/C16H28O3/c1-11(2)15(18)13-8-6-12(7-9-13)10-14(17)19-16(3,4)5/h11-13H,6-10H2,1-5H3. The summed E-state index contributed by atoms with van der Waals surface area (Å²) in [6.07, 6.45) is 4.32. The van der Waals surface area contributed by atoms with Gasteiger partial charge in [-0.2, -0.15) is 0 Å². The number of hydrogen-bond donors (Lipinski definition) is 0. The molecule has 0 atom stereocenters. The molecule has 0 N–H and O–H groups in total. The Balaban J connectivity index is 2.34. The summed E-state index contributed by atoms with van der Waals surface area (Å²) in [7, 11) is 0. The van der Waals surface area contributed by atoms with Crippen LogP contribution < -0.4 is 0 Å². The molecule has 0 heterocycles. The SMILES string of the molecule is CC(C)C(=O)C1CCC(CC(=O)OC(C)(C)C)CC1. The molecule has 3 heteroatoms. The minimum absolute atomic E-state index is 0.105. The van der Waals surface area contributed by atoms with E-state index in [0.29, 0.717) is 18.1 Å². The highest BCUT2D eigenvalue weighted by Gasteiger charge is 2.29. The van der Waals surface area contributed by atoms with Crippen molar-refractivity contribution in [2.24, 2.45) is 17.8 Å². The van der Waals surface area contributed by atoms with Gasteiger partial charge in [0.1, 0.15) is 11.4 Å². The Labute approximate surface area is 117 Å². The third kappa shape index (κ3) is 5.75. The number of ketones is 1. The van der Waals surface area contributed by atoms with E-state index in [0.717, 1.165) is 25.7 Å². The fourth-order valence-electron chi connectivity index (χ4n) is 2.74. The van der Waals surface area contributed by atoms with Crippen molar-refractivity contribution in [1.82, 2.24) is 0 Å². The summed E-state index contributed by atoms with van der Waals surface area (Å²) >= 11 is 0. The van der Waals surface area contributed by atoms with E-state index < -0.39 is 5.60 Å². The minimum Gasteiger partial charge on any atom is -0.460 e. The maximum atomic E-state index is 11.9. The van der Waals surface area contributed by atoms with Crippen LogP contribution in [0.5, 0.6) is 0 Å². The molecule has 110 valence electrons. The largest absolute Gasteiger partial charge is 0.460 e. The van der Waals surface area contributed by atoms with Crippen LogP contribution >= 0.6 is 0 Å². The van der Waals surface area contributed by atoms with Gasteiger partial charge in [-0.15, -0.1) is 0 Å². The van der Waals surface area contributed by atoms with Crippen molar-refractivity contribution in [3.05, 3.63) is 0 Å². The maximum absolute atomic E-state index is 11.9. The lowest BCUT2D eigenvalue weighted by Crippen LogP contribution is -2.28. The van der Waals surface area contributed by atoms with Crippen LogP contribution in [0.15, 0.2) is 0 Å². The van der Waals surface area contributed by atoms with Crippen LogP contribution in [0.2, 0.25) is 0 Å². The molecular formula is C16H28O3. The van der Waals surface area contributed by atoms with E-state index in [4.69, 9.17) is 4.74 Å². The molecule has 1 fully saturated rings. The molecule has 1 aliphatic rings. The molecule has 0 bridgehead atoms. The highest BCUT2D eigenvalue weighted by molar-refractivity contribution is 5.82. The fourth-order valence-corrected chi connectivity index (χ4v) is 2.74. The number of hydrogen-bond acceptors (Lipinski definition) is 3. The maximum Gasteiger partial charge on any atom is 0.306 e. The first kappa shape index (κ1) is 16.2.